The van der Waals surface area contributed by atoms with Crippen LogP contribution in [0.3, 0.4) is 0 Å². The number of benzene rings is 1. The maximum Gasteiger partial charge on any atom is 0.251 e. The van der Waals surface area contributed by atoms with Gasteiger partial charge in [0.2, 0.25) is 15.9 Å². The summed E-state index contributed by atoms with van der Waals surface area (Å²) in [6, 6.07) is 9.27. The van der Waals surface area contributed by atoms with Crippen LogP contribution in [0.2, 0.25) is 0 Å². The standard InChI is InChI=1S/C18H19N3O4S2/c1-2-10-19-17(22)9-11-20-18(23)14-5-7-16(8-6-14)27(24,25)21-13-15-4-3-12-26-15/h1,3-8,12,21H,9-11,13H2,(H,19,22)(H,20,23). The zero-order chi connectivity index (χ0) is 19.7. The van der Waals surface area contributed by atoms with Crippen LogP contribution in [0, 0.1) is 12.3 Å². The number of terminal acetylenes is 1. The third-order valence-electron chi connectivity index (χ3n) is 3.47. The van der Waals surface area contributed by atoms with E-state index in [0.717, 1.165) is 4.88 Å². The first-order valence-electron chi connectivity index (χ1n) is 8.03. The molecule has 142 valence electrons. The van der Waals surface area contributed by atoms with Gasteiger partial charge >= 0.3 is 0 Å². The molecule has 1 aromatic heterocycles. The first-order valence-corrected chi connectivity index (χ1v) is 10.4. The molecule has 1 heterocycles. The van der Waals surface area contributed by atoms with Crippen LogP contribution in [0.1, 0.15) is 21.7 Å². The number of hydrogen-bond acceptors (Lipinski definition) is 5. The fraction of sp³-hybridized carbons (Fsp3) is 0.222. The van der Waals surface area contributed by atoms with Gasteiger partial charge in [-0.15, -0.1) is 17.8 Å². The number of thiophene rings is 1. The highest BCUT2D eigenvalue weighted by atomic mass is 32.2. The zero-order valence-corrected chi connectivity index (χ0v) is 16.0. The molecule has 0 atom stereocenters. The van der Waals surface area contributed by atoms with Crippen molar-refractivity contribution in [3.8, 4) is 12.3 Å². The van der Waals surface area contributed by atoms with Gasteiger partial charge in [-0.2, -0.15) is 0 Å². The second-order valence-corrected chi connectivity index (χ2v) is 8.21. The fourth-order valence-corrected chi connectivity index (χ4v) is 3.82. The largest absolute Gasteiger partial charge is 0.352 e. The van der Waals surface area contributed by atoms with Gasteiger partial charge in [0.25, 0.3) is 5.91 Å². The minimum absolute atomic E-state index is 0.0734. The molecular formula is C18H19N3O4S2. The van der Waals surface area contributed by atoms with E-state index < -0.39 is 15.9 Å². The second kappa shape index (κ2) is 9.87. The van der Waals surface area contributed by atoms with Crippen molar-refractivity contribution in [1.29, 1.82) is 0 Å². The molecule has 7 nitrogen and oxygen atoms in total. The molecule has 0 unspecified atom stereocenters. The molecule has 0 aliphatic rings. The fourth-order valence-electron chi connectivity index (χ4n) is 2.08. The highest BCUT2D eigenvalue weighted by molar-refractivity contribution is 7.89. The van der Waals surface area contributed by atoms with Crippen molar-refractivity contribution in [3.05, 3.63) is 52.2 Å². The third kappa shape index (κ3) is 6.53. The Morgan fingerprint density at radius 1 is 1.11 bits per heavy atom. The van der Waals surface area contributed by atoms with Crippen LogP contribution in [0.15, 0.2) is 46.7 Å². The van der Waals surface area contributed by atoms with Gasteiger partial charge in [0.1, 0.15) is 0 Å². The molecule has 0 bridgehead atoms. The highest BCUT2D eigenvalue weighted by Crippen LogP contribution is 2.13. The normalized spacial score (nSPS) is 10.8. The van der Waals surface area contributed by atoms with Crippen molar-refractivity contribution >= 4 is 33.2 Å². The molecule has 27 heavy (non-hydrogen) atoms. The van der Waals surface area contributed by atoms with Crippen molar-refractivity contribution in [2.24, 2.45) is 0 Å². The van der Waals surface area contributed by atoms with E-state index in [1.54, 1.807) is 0 Å². The average Bonchev–Trinajstić information content (AvgIpc) is 3.18. The molecule has 2 rings (SSSR count). The molecule has 3 N–H and O–H groups in total. The Morgan fingerprint density at radius 3 is 2.48 bits per heavy atom. The van der Waals surface area contributed by atoms with Crippen LogP contribution < -0.4 is 15.4 Å². The van der Waals surface area contributed by atoms with E-state index in [9.17, 15) is 18.0 Å². The van der Waals surface area contributed by atoms with Crippen LogP contribution >= 0.6 is 11.3 Å². The summed E-state index contributed by atoms with van der Waals surface area (Å²) in [5.41, 5.74) is 0.302. The average molecular weight is 406 g/mol. The summed E-state index contributed by atoms with van der Waals surface area (Å²) in [6.45, 7) is 0.505. The van der Waals surface area contributed by atoms with Gasteiger partial charge in [-0.1, -0.05) is 12.0 Å². The molecule has 0 radical (unpaired) electrons. The number of amides is 2. The van der Waals surface area contributed by atoms with Crippen molar-refractivity contribution in [1.82, 2.24) is 15.4 Å². The van der Waals surface area contributed by atoms with Gasteiger partial charge in [-0.05, 0) is 35.7 Å². The zero-order valence-electron chi connectivity index (χ0n) is 14.4. The van der Waals surface area contributed by atoms with Crippen molar-refractivity contribution in [3.63, 3.8) is 0 Å². The number of carbonyl (C=O) groups excluding carboxylic acids is 2. The maximum absolute atomic E-state index is 12.3. The SMILES string of the molecule is C#CCNC(=O)CCNC(=O)c1ccc(S(=O)(=O)NCc2cccs2)cc1. The molecule has 9 heteroatoms. The molecule has 1 aromatic carbocycles. The molecule has 0 aliphatic carbocycles. The molecule has 2 amide bonds. The molecular weight excluding hydrogens is 386 g/mol. The van der Waals surface area contributed by atoms with E-state index in [0.29, 0.717) is 5.56 Å². The maximum atomic E-state index is 12.3. The van der Waals surface area contributed by atoms with Crippen LogP contribution in [0.25, 0.3) is 0 Å². The quantitative estimate of drug-likeness (QED) is 0.543. The lowest BCUT2D eigenvalue weighted by molar-refractivity contribution is -0.120. The van der Waals surface area contributed by atoms with E-state index >= 15 is 0 Å². The van der Waals surface area contributed by atoms with Gasteiger partial charge in [0, 0.05) is 30.0 Å². The summed E-state index contributed by atoms with van der Waals surface area (Å²) >= 11 is 1.46. The molecule has 2 aromatic rings. The Bertz CT molecular complexity index is 915. The number of nitrogens with one attached hydrogen (secondary N) is 3. The van der Waals surface area contributed by atoms with Crippen molar-refractivity contribution in [2.75, 3.05) is 13.1 Å². The highest BCUT2D eigenvalue weighted by Gasteiger charge is 2.15. The van der Waals surface area contributed by atoms with Crippen LogP contribution in [-0.4, -0.2) is 33.3 Å². The van der Waals surface area contributed by atoms with E-state index in [-0.39, 0.29) is 36.9 Å². The number of hydrogen-bond donors (Lipinski definition) is 3. The lowest BCUT2D eigenvalue weighted by atomic mass is 10.2. The monoisotopic (exact) mass is 405 g/mol. The minimum atomic E-state index is -3.66. The summed E-state index contributed by atoms with van der Waals surface area (Å²) in [5, 5.41) is 6.96. The molecule has 0 aliphatic heterocycles. The summed E-state index contributed by atoms with van der Waals surface area (Å²) in [7, 11) is -3.66. The predicted molar refractivity (Wildman–Crippen MR) is 104 cm³/mol. The van der Waals surface area contributed by atoms with Crippen molar-refractivity contribution in [2.45, 2.75) is 17.9 Å². The summed E-state index contributed by atoms with van der Waals surface area (Å²) < 4.78 is 27.1. The first-order chi connectivity index (χ1) is 12.9. The topological polar surface area (TPSA) is 104 Å². The number of sulfonamides is 1. The van der Waals surface area contributed by atoms with Gasteiger partial charge in [0.05, 0.1) is 11.4 Å². The van der Waals surface area contributed by atoms with Crippen LogP contribution in [0.4, 0.5) is 0 Å². The van der Waals surface area contributed by atoms with Gasteiger partial charge < -0.3 is 10.6 Å². The molecule has 0 saturated heterocycles. The summed E-state index contributed by atoms with van der Waals surface area (Å²) in [6.07, 6.45) is 5.14. The Kier molecular flexibility index (Phi) is 7.55. The number of rotatable bonds is 9. The summed E-state index contributed by atoms with van der Waals surface area (Å²) in [4.78, 5) is 24.4. The third-order valence-corrected chi connectivity index (χ3v) is 5.76. The Hall–Kier alpha value is -2.67. The minimum Gasteiger partial charge on any atom is -0.352 e. The number of carbonyl (C=O) groups is 2. The van der Waals surface area contributed by atoms with Gasteiger partial charge in [0.15, 0.2) is 0 Å². The molecule has 0 fully saturated rings. The molecule has 0 saturated carbocycles. The lowest BCUT2D eigenvalue weighted by Gasteiger charge is -2.08. The predicted octanol–water partition coefficient (Wildman–Crippen LogP) is 1.10. The lowest BCUT2D eigenvalue weighted by Crippen LogP contribution is -2.30. The van der Waals surface area contributed by atoms with Crippen LogP contribution in [-0.2, 0) is 21.4 Å². The first kappa shape index (κ1) is 20.6. The Morgan fingerprint density at radius 2 is 1.85 bits per heavy atom. The molecule has 0 spiro atoms. The van der Waals surface area contributed by atoms with Gasteiger partial charge in [-0.3, -0.25) is 9.59 Å². The van der Waals surface area contributed by atoms with E-state index in [4.69, 9.17) is 6.42 Å². The summed E-state index contributed by atoms with van der Waals surface area (Å²) in [5.74, 6) is 1.63. The second-order valence-electron chi connectivity index (χ2n) is 5.42. The van der Waals surface area contributed by atoms with Crippen LogP contribution in [0.5, 0.6) is 0 Å². The van der Waals surface area contributed by atoms with Crippen molar-refractivity contribution < 1.29 is 18.0 Å². The smallest absolute Gasteiger partial charge is 0.251 e. The Labute approximate surface area is 162 Å². The van der Waals surface area contributed by atoms with Gasteiger partial charge in [-0.25, -0.2) is 13.1 Å². The van der Waals surface area contributed by atoms with E-state index in [1.165, 1.54) is 35.6 Å². The van der Waals surface area contributed by atoms with E-state index in [1.807, 2.05) is 17.5 Å². The van der Waals surface area contributed by atoms with E-state index in [2.05, 4.69) is 21.3 Å². The Balaban J connectivity index is 1.87.